The number of carbonyl (C=O) groups is 1. The zero-order valence-corrected chi connectivity index (χ0v) is 27.5. The minimum atomic E-state index is -1.04. The van der Waals surface area contributed by atoms with E-state index in [0.717, 1.165) is 73.7 Å². The maximum Gasteiger partial charge on any atom is 0.338 e. The summed E-state index contributed by atoms with van der Waals surface area (Å²) in [5, 5.41) is 0.565. The van der Waals surface area contributed by atoms with Crippen LogP contribution in [0.15, 0.2) is 48.7 Å². The lowest BCUT2D eigenvalue weighted by Crippen LogP contribution is -2.64. The van der Waals surface area contributed by atoms with Crippen LogP contribution in [0, 0.1) is 0 Å². The number of benzene rings is 2. The van der Waals surface area contributed by atoms with Gasteiger partial charge in [0.1, 0.15) is 22.8 Å². The predicted octanol–water partition coefficient (Wildman–Crippen LogP) is 5.56. The van der Waals surface area contributed by atoms with Crippen molar-refractivity contribution in [3.05, 3.63) is 70.8 Å². The van der Waals surface area contributed by atoms with Crippen molar-refractivity contribution >= 4 is 34.3 Å². The van der Waals surface area contributed by atoms with Gasteiger partial charge in [0.05, 0.1) is 55.2 Å². The molecule has 5 heterocycles. The number of hydrogen-bond donors (Lipinski definition) is 0. The molecule has 2 aromatic heterocycles. The first kappa shape index (κ1) is 30.3. The van der Waals surface area contributed by atoms with Gasteiger partial charge < -0.3 is 33.2 Å². The van der Waals surface area contributed by atoms with Crippen LogP contribution in [0.2, 0.25) is 5.02 Å². The van der Waals surface area contributed by atoms with Gasteiger partial charge in [0.2, 0.25) is 0 Å². The van der Waals surface area contributed by atoms with Gasteiger partial charge in [0.25, 0.3) is 5.79 Å². The van der Waals surface area contributed by atoms with Gasteiger partial charge in [-0.05, 0) is 62.1 Å². The Balaban J connectivity index is 1.07. The Kier molecular flexibility index (Phi) is 7.65. The number of methoxy groups -OCH3 is 2. The molecular formula is C35H38ClN5O6. The second-order valence-electron chi connectivity index (χ2n) is 12.8. The van der Waals surface area contributed by atoms with Crippen LogP contribution in [-0.4, -0.2) is 77.5 Å². The van der Waals surface area contributed by atoms with Crippen molar-refractivity contribution in [2.24, 2.45) is 0 Å². The molecule has 1 unspecified atom stereocenters. The maximum absolute atomic E-state index is 12.6. The fourth-order valence-electron chi connectivity index (χ4n) is 7.53. The number of para-hydroxylation sites is 1. The minimum absolute atomic E-state index is 0.100. The van der Waals surface area contributed by atoms with Gasteiger partial charge in [-0.1, -0.05) is 17.7 Å². The summed E-state index contributed by atoms with van der Waals surface area (Å²) in [4.78, 5) is 27.2. The number of hydrogen-bond acceptors (Lipinski definition) is 10. The summed E-state index contributed by atoms with van der Waals surface area (Å²) in [5.41, 5.74) is 3.74. The first-order chi connectivity index (χ1) is 22.8. The van der Waals surface area contributed by atoms with E-state index in [4.69, 9.17) is 40.3 Å². The molecule has 4 atom stereocenters. The van der Waals surface area contributed by atoms with Crippen molar-refractivity contribution in [1.82, 2.24) is 19.4 Å². The zero-order valence-electron chi connectivity index (χ0n) is 26.8. The highest BCUT2D eigenvalue weighted by atomic mass is 35.5. The Bertz CT molecular complexity index is 1830. The Labute approximate surface area is 278 Å². The molecule has 12 heteroatoms. The number of pyridine rings is 1. The molecule has 47 heavy (non-hydrogen) atoms. The lowest BCUT2D eigenvalue weighted by molar-refractivity contribution is -0.0717. The fraction of sp³-hybridized carbons (Fsp3) is 0.457. The van der Waals surface area contributed by atoms with Crippen LogP contribution in [0.1, 0.15) is 54.5 Å². The number of halogens is 1. The molecule has 4 aliphatic rings. The molecule has 3 aliphatic heterocycles. The number of esters is 1. The highest BCUT2D eigenvalue weighted by Crippen LogP contribution is 2.51. The topological polar surface area (TPSA) is 100 Å². The number of anilines is 1. The molecule has 1 aliphatic carbocycles. The molecule has 0 bridgehead atoms. The summed E-state index contributed by atoms with van der Waals surface area (Å²) in [7, 11) is 3.00. The lowest BCUT2D eigenvalue weighted by atomic mass is 9.81. The first-order valence-electron chi connectivity index (χ1n) is 16.3. The highest BCUT2D eigenvalue weighted by molar-refractivity contribution is 6.30. The van der Waals surface area contributed by atoms with Crippen molar-refractivity contribution < 1.29 is 28.5 Å². The Morgan fingerprint density at radius 3 is 2.68 bits per heavy atom. The average molecular weight is 660 g/mol. The number of aromatic nitrogens is 3. The van der Waals surface area contributed by atoms with E-state index < -0.39 is 11.8 Å². The second kappa shape index (κ2) is 11.9. The largest absolute Gasteiger partial charge is 0.494 e. The Morgan fingerprint density at radius 2 is 1.96 bits per heavy atom. The summed E-state index contributed by atoms with van der Waals surface area (Å²) in [5.74, 6) is 1.51. The van der Waals surface area contributed by atoms with Gasteiger partial charge in [-0.25, -0.2) is 9.78 Å². The van der Waals surface area contributed by atoms with Crippen LogP contribution < -0.4 is 19.1 Å². The molecule has 1 saturated carbocycles. The molecule has 2 aromatic carbocycles. The third-order valence-corrected chi connectivity index (χ3v) is 10.3. The van der Waals surface area contributed by atoms with Crippen molar-refractivity contribution in [3.8, 4) is 17.2 Å². The molecule has 8 rings (SSSR count). The SMILES string of the molecule is COC(=O)c1cc(OC)c2nc(CN3CCN(c4cccc5c4OC(C)(c4ccc(Cl)cn4)O5)[C@H]4CC[C@@H]43)n(C[C@@H]3CCCO3)c2c1. The molecular weight excluding hydrogens is 622 g/mol. The van der Waals surface area contributed by atoms with Crippen LogP contribution in [0.25, 0.3) is 11.0 Å². The highest BCUT2D eigenvalue weighted by Gasteiger charge is 2.47. The molecule has 0 N–H and O–H groups in total. The van der Waals surface area contributed by atoms with Crippen molar-refractivity contribution in [2.45, 2.75) is 69.7 Å². The number of fused-ring (bicyclic) bond motifs is 3. The summed E-state index contributed by atoms with van der Waals surface area (Å²) < 4.78 is 31.9. The van der Waals surface area contributed by atoms with E-state index in [1.54, 1.807) is 25.4 Å². The first-order valence-corrected chi connectivity index (χ1v) is 16.6. The van der Waals surface area contributed by atoms with Gasteiger partial charge in [-0.2, -0.15) is 0 Å². The van der Waals surface area contributed by atoms with E-state index in [1.807, 2.05) is 31.2 Å². The molecule has 2 saturated heterocycles. The summed E-state index contributed by atoms with van der Waals surface area (Å²) in [6, 6.07) is 14.0. The van der Waals surface area contributed by atoms with E-state index in [0.29, 0.717) is 53.0 Å². The quantitative estimate of drug-likeness (QED) is 0.224. The van der Waals surface area contributed by atoms with Gasteiger partial charge >= 0.3 is 5.97 Å². The average Bonchev–Trinajstić information content (AvgIpc) is 3.79. The van der Waals surface area contributed by atoms with Crippen molar-refractivity contribution in [1.29, 1.82) is 0 Å². The summed E-state index contributed by atoms with van der Waals surface area (Å²) in [6.07, 6.45) is 5.94. The van der Waals surface area contributed by atoms with Crippen molar-refractivity contribution in [2.75, 3.05) is 38.8 Å². The van der Waals surface area contributed by atoms with E-state index in [9.17, 15) is 4.79 Å². The van der Waals surface area contributed by atoms with E-state index in [2.05, 4.69) is 25.4 Å². The standard InChI is InChI=1S/C35H38ClN5O6/c1-35(30-12-9-22(36)18-37-30)46-28-8-4-7-26(33(28)47-35)40-14-13-39(24-10-11-25(24)40)20-31-38-32-27(41(31)19-23-6-5-15-45-23)16-21(34(42)44-3)17-29(32)43-2/h4,7-9,12,16-18,23-25H,5-6,10-11,13-15,19-20H2,1-3H3/t23-,24-,25-,35?/m0/s1. The van der Waals surface area contributed by atoms with Gasteiger partial charge in [0.15, 0.2) is 11.5 Å². The normalized spacial score (nSPS) is 25.1. The monoisotopic (exact) mass is 659 g/mol. The lowest BCUT2D eigenvalue weighted by Gasteiger charge is -2.54. The minimum Gasteiger partial charge on any atom is -0.494 e. The fourth-order valence-corrected chi connectivity index (χ4v) is 7.65. The zero-order chi connectivity index (χ0) is 32.3. The Morgan fingerprint density at radius 1 is 1.09 bits per heavy atom. The molecule has 0 amide bonds. The van der Waals surface area contributed by atoms with Crippen LogP contribution in [0.5, 0.6) is 17.2 Å². The summed E-state index contributed by atoms with van der Waals surface area (Å²) in [6.45, 7) is 5.70. The number of carbonyl (C=O) groups excluding carboxylic acids is 1. The molecule has 246 valence electrons. The van der Waals surface area contributed by atoms with Gasteiger partial charge in [-0.15, -0.1) is 0 Å². The van der Waals surface area contributed by atoms with Gasteiger partial charge in [-0.3, -0.25) is 9.88 Å². The number of ether oxygens (including phenoxy) is 5. The number of imidazole rings is 1. The van der Waals surface area contributed by atoms with E-state index in [1.165, 1.54) is 7.11 Å². The van der Waals surface area contributed by atoms with Gasteiger partial charge in [0, 0.05) is 44.9 Å². The number of rotatable bonds is 8. The van der Waals surface area contributed by atoms with Crippen molar-refractivity contribution in [3.63, 3.8) is 0 Å². The summed E-state index contributed by atoms with van der Waals surface area (Å²) >= 11 is 6.09. The molecule has 4 aromatic rings. The second-order valence-corrected chi connectivity index (χ2v) is 13.2. The molecule has 3 fully saturated rings. The van der Waals surface area contributed by atoms with Crippen LogP contribution in [0.4, 0.5) is 5.69 Å². The molecule has 0 spiro atoms. The van der Waals surface area contributed by atoms with E-state index in [-0.39, 0.29) is 6.10 Å². The molecule has 11 nitrogen and oxygen atoms in total. The van der Waals surface area contributed by atoms with E-state index >= 15 is 0 Å². The van der Waals surface area contributed by atoms with Crippen LogP contribution >= 0.6 is 11.6 Å². The predicted molar refractivity (Wildman–Crippen MR) is 175 cm³/mol. The number of piperazine rings is 1. The molecule has 0 radical (unpaired) electrons. The Hall–Kier alpha value is -4.06. The smallest absolute Gasteiger partial charge is 0.338 e. The van der Waals surface area contributed by atoms with Crippen LogP contribution in [-0.2, 0) is 28.4 Å². The third-order valence-electron chi connectivity index (χ3n) is 10.1. The number of nitrogens with zero attached hydrogens (tertiary/aromatic N) is 5. The maximum atomic E-state index is 12.6. The third kappa shape index (κ3) is 5.25. The van der Waals surface area contributed by atoms with Crippen LogP contribution in [0.3, 0.4) is 0 Å².